The smallest absolute Gasteiger partial charge is 0.306 e. The normalized spacial score (nSPS) is 54.8. The molecule has 4 aliphatic carbocycles. The third-order valence-corrected chi connectivity index (χ3v) is 14.2. The largest absolute Gasteiger partial charge is 0.481 e. The number of carboxylic acid groups (broad SMARTS) is 1. The van der Waals surface area contributed by atoms with Crippen LogP contribution in [0.25, 0.3) is 0 Å². The predicted molar refractivity (Wildman–Crippen MR) is 164 cm³/mol. The summed E-state index contributed by atoms with van der Waals surface area (Å²) in [6.07, 6.45) is 20.5. The van der Waals surface area contributed by atoms with Gasteiger partial charge in [-0.3, -0.25) is 47.3 Å². The van der Waals surface area contributed by atoms with E-state index in [9.17, 15) is 9.90 Å². The average molecular weight is 794 g/mol. The Morgan fingerprint density at radius 2 is 0.659 bits per heavy atom. The van der Waals surface area contributed by atoms with Crippen molar-refractivity contribution in [3.05, 3.63) is 0 Å². The Kier molecular flexibility index (Phi) is 9.02. The Morgan fingerprint density at radius 1 is 0.386 bits per heavy atom. The van der Waals surface area contributed by atoms with E-state index in [1.54, 1.807) is 0 Å². The van der Waals surface area contributed by atoms with Gasteiger partial charge in [0.2, 0.25) is 0 Å². The van der Waals surface area contributed by atoms with E-state index in [2.05, 4.69) is 42.5 Å². The van der Waals surface area contributed by atoms with Crippen LogP contribution in [0.5, 0.6) is 0 Å². The first-order chi connectivity index (χ1) is 21.1. The summed E-state index contributed by atoms with van der Waals surface area (Å²) in [5, 5.41) is 43.3. The Morgan fingerprint density at radius 3 is 0.977 bits per heavy atom. The second-order valence-corrected chi connectivity index (χ2v) is 16.1. The molecule has 9 N–H and O–H groups in total. The van der Waals surface area contributed by atoms with E-state index in [1.807, 2.05) is 0 Å². The number of rotatable bonds is 1. The molecule has 44 heavy (non-hydrogen) atoms. The number of nitrogens with one attached hydrogen (secondary N) is 8. The summed E-state index contributed by atoms with van der Waals surface area (Å²) in [6, 6.07) is 0. The quantitative estimate of drug-likeness (QED) is 0.182. The molecule has 5 saturated heterocycles. The van der Waals surface area contributed by atoms with Gasteiger partial charge in [-0.1, -0.05) is 44.9 Å². The average Bonchev–Trinajstić information content (AvgIpc) is 3.76. The minimum Gasteiger partial charge on any atom is -0.481 e. The van der Waals surface area contributed by atoms with Gasteiger partial charge in [-0.15, -0.1) is 0 Å². The summed E-state index contributed by atoms with van der Waals surface area (Å²) >= 11 is 0. The van der Waals surface area contributed by atoms with Crippen molar-refractivity contribution in [2.24, 2.45) is 53.3 Å². The predicted octanol–water partition coefficient (Wildman–Crippen LogP) is 1.91. The monoisotopic (exact) mass is 793 g/mol. The van der Waals surface area contributed by atoms with E-state index in [0.717, 1.165) is 19.3 Å². The van der Waals surface area contributed by atoms with E-state index >= 15 is 0 Å². The molecule has 5 aliphatic heterocycles. The summed E-state index contributed by atoms with van der Waals surface area (Å²) in [4.78, 5) is 12.6. The van der Waals surface area contributed by atoms with Gasteiger partial charge in [0.25, 0.3) is 0 Å². The SMILES string of the molecule is O=C(O)C1CCCC2C3NC4NC(NC5NC(NC6NC(NC(N3)C12)C1CCCCC61)C1CCCCC51)C1CCCCC41.[Au]. The van der Waals surface area contributed by atoms with Crippen LogP contribution in [0.3, 0.4) is 0 Å². The molecule has 9 aliphatic rings. The molecule has 0 aromatic carbocycles. The van der Waals surface area contributed by atoms with Crippen LogP contribution in [0.1, 0.15) is 96.3 Å². The van der Waals surface area contributed by atoms with Crippen molar-refractivity contribution in [2.75, 3.05) is 0 Å². The third-order valence-electron chi connectivity index (χ3n) is 14.2. The van der Waals surface area contributed by atoms with Crippen molar-refractivity contribution >= 4 is 5.97 Å². The van der Waals surface area contributed by atoms with E-state index < -0.39 is 5.97 Å². The zero-order valence-corrected chi connectivity index (χ0v) is 28.2. The summed E-state index contributed by atoms with van der Waals surface area (Å²) in [5.41, 5.74) is 0. The molecule has 0 aromatic rings. The van der Waals surface area contributed by atoms with Crippen LogP contribution < -0.4 is 42.5 Å². The topological polar surface area (TPSA) is 134 Å². The molecule has 10 nitrogen and oxygen atoms in total. The molecule has 17 unspecified atom stereocenters. The Labute approximate surface area is 278 Å². The summed E-state index contributed by atoms with van der Waals surface area (Å²) in [5.74, 6) is 3.36. The van der Waals surface area contributed by atoms with Gasteiger partial charge in [0.1, 0.15) is 0 Å². The first-order valence-electron chi connectivity index (χ1n) is 18.4. The number of carboxylic acids is 1. The minimum absolute atomic E-state index is 0. The van der Waals surface area contributed by atoms with Gasteiger partial charge in [0, 0.05) is 28.3 Å². The van der Waals surface area contributed by atoms with Crippen molar-refractivity contribution in [1.82, 2.24) is 42.5 Å². The molecule has 11 heteroatoms. The van der Waals surface area contributed by atoms with Gasteiger partial charge < -0.3 is 5.11 Å². The molecule has 0 amide bonds. The van der Waals surface area contributed by atoms with Gasteiger partial charge in [-0.25, -0.2) is 0 Å². The van der Waals surface area contributed by atoms with Crippen molar-refractivity contribution < 1.29 is 32.3 Å². The first-order valence-corrected chi connectivity index (χ1v) is 18.4. The van der Waals surface area contributed by atoms with E-state index in [4.69, 9.17) is 0 Å². The van der Waals surface area contributed by atoms with Crippen LogP contribution in [-0.4, -0.2) is 60.4 Å². The van der Waals surface area contributed by atoms with Crippen molar-refractivity contribution in [3.8, 4) is 0 Å². The molecular weight excluding hydrogens is 737 g/mol. The Hall–Kier alpha value is -0.110. The summed E-state index contributed by atoms with van der Waals surface area (Å²) in [6.45, 7) is 0. The molecule has 8 bridgehead atoms. The number of fused-ring (bicyclic) bond motifs is 20. The molecule has 4 saturated carbocycles. The second kappa shape index (κ2) is 12.7. The van der Waals surface area contributed by atoms with Gasteiger partial charge in [-0.05, 0) is 92.8 Å². The van der Waals surface area contributed by atoms with Crippen LogP contribution in [0.15, 0.2) is 0 Å². The van der Waals surface area contributed by atoms with Gasteiger partial charge in [0.05, 0.1) is 55.2 Å². The van der Waals surface area contributed by atoms with Crippen molar-refractivity contribution in [3.63, 3.8) is 0 Å². The van der Waals surface area contributed by atoms with Crippen LogP contribution in [0.2, 0.25) is 0 Å². The Bertz CT molecular complexity index is 1050. The number of hydrogen-bond acceptors (Lipinski definition) is 9. The van der Waals surface area contributed by atoms with E-state index in [-0.39, 0.29) is 58.9 Å². The molecule has 0 aromatic heterocycles. The van der Waals surface area contributed by atoms with Crippen LogP contribution >= 0.6 is 0 Å². The molecule has 251 valence electrons. The van der Waals surface area contributed by atoms with E-state index in [1.165, 1.54) is 77.0 Å². The molecular formula is C33H56AuN8O2. The van der Waals surface area contributed by atoms with Crippen molar-refractivity contribution in [1.29, 1.82) is 0 Å². The zero-order valence-electron chi connectivity index (χ0n) is 26.1. The Balaban J connectivity index is 0.00000289. The fraction of sp³-hybridized carbons (Fsp3) is 0.970. The molecule has 1 radical (unpaired) electrons. The number of hydrogen-bond donors (Lipinski definition) is 9. The summed E-state index contributed by atoms with van der Waals surface area (Å²) in [7, 11) is 0. The van der Waals surface area contributed by atoms with Crippen LogP contribution in [-0.2, 0) is 27.2 Å². The maximum absolute atomic E-state index is 12.6. The van der Waals surface area contributed by atoms with E-state index in [0.29, 0.717) is 66.1 Å². The molecule has 9 fully saturated rings. The minimum atomic E-state index is -0.607. The third kappa shape index (κ3) is 5.31. The van der Waals surface area contributed by atoms with Crippen molar-refractivity contribution in [2.45, 2.75) is 146 Å². The zero-order chi connectivity index (χ0) is 28.7. The number of carbonyl (C=O) groups is 1. The maximum Gasteiger partial charge on any atom is 0.306 e. The fourth-order valence-electron chi connectivity index (χ4n) is 12.3. The molecule has 0 spiro atoms. The van der Waals surface area contributed by atoms with Gasteiger partial charge in [0.15, 0.2) is 0 Å². The fourth-order valence-corrected chi connectivity index (χ4v) is 12.3. The number of aliphatic carboxylic acids is 1. The van der Waals surface area contributed by atoms with Crippen LogP contribution in [0, 0.1) is 53.3 Å². The van der Waals surface area contributed by atoms with Crippen LogP contribution in [0.4, 0.5) is 0 Å². The maximum atomic E-state index is 12.6. The standard InChI is InChI=1S/C33H56N8O2.Au/c42-33(43)23-15-7-14-22-24(23)32-40-30-21-13-6-5-12-20(21)28(38-30)36-26-17-9-2-1-8-16(17)25(34-26)35-27-18-10-3-4-11-19(18)29(37-27)39-31(22)41-32;/h16-32,34-41H,1-15H2,(H,42,43);. The van der Waals surface area contributed by atoms with Gasteiger partial charge >= 0.3 is 5.97 Å². The summed E-state index contributed by atoms with van der Waals surface area (Å²) < 4.78 is 0. The molecule has 5 heterocycles. The molecule has 9 rings (SSSR count). The second-order valence-electron chi connectivity index (χ2n) is 16.1. The molecule has 17 atom stereocenters. The van der Waals surface area contributed by atoms with Gasteiger partial charge in [-0.2, -0.15) is 0 Å². The first kappa shape index (κ1) is 31.2.